The van der Waals surface area contributed by atoms with Gasteiger partial charge in [-0.2, -0.15) is 0 Å². The Hall–Kier alpha value is -1.59. The van der Waals surface area contributed by atoms with Crippen molar-refractivity contribution in [3.63, 3.8) is 0 Å². The van der Waals surface area contributed by atoms with E-state index in [0.717, 1.165) is 11.3 Å². The molecule has 100 valence electrons. The summed E-state index contributed by atoms with van der Waals surface area (Å²) in [5.74, 6) is 0. The van der Waals surface area contributed by atoms with Crippen LogP contribution in [0.25, 0.3) is 0 Å². The second-order valence-electron chi connectivity index (χ2n) is 4.39. The van der Waals surface area contributed by atoms with Gasteiger partial charge in [-0.3, -0.25) is 0 Å². The predicted octanol–water partition coefficient (Wildman–Crippen LogP) is 1.38. The zero-order valence-electron chi connectivity index (χ0n) is 10.9. The maximum absolute atomic E-state index is 11.8. The number of carbonyl (C=O) groups excluding carboxylic acids is 1. The first-order valence-corrected chi connectivity index (χ1v) is 6.02. The molecule has 0 aromatic heterocycles. The first kappa shape index (κ1) is 14.5. The molecule has 1 atom stereocenters. The summed E-state index contributed by atoms with van der Waals surface area (Å²) in [4.78, 5) is 13.3. The summed E-state index contributed by atoms with van der Waals surface area (Å²) in [5.41, 5.74) is 7.26. The fourth-order valence-corrected chi connectivity index (χ4v) is 1.43. The zero-order chi connectivity index (χ0) is 13.5. The molecular weight excluding hydrogens is 230 g/mol. The minimum absolute atomic E-state index is 0.184. The number of nitrogens with two attached hydrogens (primary N) is 1. The molecule has 0 radical (unpaired) electrons. The number of nitrogens with one attached hydrogen (secondary N) is 1. The van der Waals surface area contributed by atoms with Crippen molar-refractivity contribution in [3.8, 4) is 0 Å². The lowest BCUT2D eigenvalue weighted by molar-refractivity contribution is 0.167. The topological polar surface area (TPSA) is 78.6 Å². The van der Waals surface area contributed by atoms with Gasteiger partial charge in [0.05, 0.1) is 6.10 Å². The number of hydrogen-bond acceptors (Lipinski definition) is 3. The quantitative estimate of drug-likeness (QED) is 0.739. The number of hydrogen-bond donors (Lipinski definition) is 3. The van der Waals surface area contributed by atoms with Gasteiger partial charge < -0.3 is 21.1 Å². The van der Waals surface area contributed by atoms with Crippen LogP contribution in [0.3, 0.4) is 0 Å². The van der Waals surface area contributed by atoms with Crippen molar-refractivity contribution in [3.05, 3.63) is 29.8 Å². The Morgan fingerprint density at radius 2 is 2.06 bits per heavy atom. The van der Waals surface area contributed by atoms with Crippen LogP contribution in [0.5, 0.6) is 0 Å². The molecule has 5 heteroatoms. The summed E-state index contributed by atoms with van der Waals surface area (Å²) in [6, 6.07) is 7.22. The molecule has 5 nitrogen and oxygen atoms in total. The van der Waals surface area contributed by atoms with E-state index in [9.17, 15) is 4.79 Å². The van der Waals surface area contributed by atoms with E-state index in [0.29, 0.717) is 19.5 Å². The molecule has 18 heavy (non-hydrogen) atoms. The third-order valence-corrected chi connectivity index (χ3v) is 2.67. The lowest BCUT2D eigenvalue weighted by atomic mass is 10.2. The fraction of sp³-hybridized carbons (Fsp3) is 0.462. The molecule has 1 aromatic carbocycles. The lowest BCUT2D eigenvalue weighted by Gasteiger charge is -2.18. The van der Waals surface area contributed by atoms with Gasteiger partial charge in [0.2, 0.25) is 0 Å². The van der Waals surface area contributed by atoms with Crippen LogP contribution in [0.2, 0.25) is 0 Å². The molecule has 0 aliphatic heterocycles. The predicted molar refractivity (Wildman–Crippen MR) is 72.3 cm³/mol. The van der Waals surface area contributed by atoms with Crippen molar-refractivity contribution in [1.82, 2.24) is 4.90 Å². The highest BCUT2D eigenvalue weighted by Crippen LogP contribution is 2.09. The van der Waals surface area contributed by atoms with Crippen LogP contribution in [-0.2, 0) is 6.54 Å². The highest BCUT2D eigenvalue weighted by atomic mass is 16.3. The van der Waals surface area contributed by atoms with E-state index < -0.39 is 6.10 Å². The number of nitrogens with zero attached hydrogens (tertiary/aromatic N) is 1. The minimum Gasteiger partial charge on any atom is -0.393 e. The largest absolute Gasteiger partial charge is 0.393 e. The van der Waals surface area contributed by atoms with Crippen LogP contribution in [0.15, 0.2) is 24.3 Å². The van der Waals surface area contributed by atoms with Gasteiger partial charge in [0, 0.05) is 25.8 Å². The number of benzene rings is 1. The maximum atomic E-state index is 11.8. The van der Waals surface area contributed by atoms with E-state index in [4.69, 9.17) is 10.8 Å². The van der Waals surface area contributed by atoms with Crippen LogP contribution < -0.4 is 11.1 Å². The molecule has 4 N–H and O–H groups in total. The molecule has 0 aliphatic carbocycles. The lowest BCUT2D eigenvalue weighted by Crippen LogP contribution is -2.33. The van der Waals surface area contributed by atoms with Gasteiger partial charge in [-0.1, -0.05) is 12.1 Å². The number of carbonyl (C=O) groups is 1. The van der Waals surface area contributed by atoms with Gasteiger partial charge in [0.25, 0.3) is 0 Å². The second kappa shape index (κ2) is 6.98. The first-order valence-electron chi connectivity index (χ1n) is 6.02. The molecule has 2 amide bonds. The molecule has 0 aliphatic rings. The van der Waals surface area contributed by atoms with Crippen molar-refractivity contribution < 1.29 is 9.90 Å². The number of urea groups is 1. The van der Waals surface area contributed by atoms with Gasteiger partial charge in [-0.05, 0) is 31.0 Å². The second-order valence-corrected chi connectivity index (χ2v) is 4.39. The zero-order valence-corrected chi connectivity index (χ0v) is 10.9. The number of aliphatic hydroxyl groups excluding tert-OH is 1. The average Bonchev–Trinajstić information content (AvgIpc) is 2.36. The van der Waals surface area contributed by atoms with E-state index in [2.05, 4.69) is 5.32 Å². The highest BCUT2D eigenvalue weighted by molar-refractivity contribution is 5.89. The summed E-state index contributed by atoms with van der Waals surface area (Å²) >= 11 is 0. The van der Waals surface area contributed by atoms with E-state index in [1.807, 2.05) is 24.3 Å². The van der Waals surface area contributed by atoms with Crippen molar-refractivity contribution in [1.29, 1.82) is 0 Å². The summed E-state index contributed by atoms with van der Waals surface area (Å²) in [7, 11) is 1.70. The first-order chi connectivity index (χ1) is 8.52. The Morgan fingerprint density at radius 1 is 1.44 bits per heavy atom. The molecule has 0 saturated heterocycles. The fourth-order valence-electron chi connectivity index (χ4n) is 1.43. The smallest absolute Gasteiger partial charge is 0.321 e. The Bertz CT molecular complexity index is 376. The third kappa shape index (κ3) is 4.73. The molecule has 0 saturated carbocycles. The molecule has 0 fully saturated rings. The molecule has 1 unspecified atom stereocenters. The number of amides is 2. The molecule has 0 spiro atoms. The van der Waals surface area contributed by atoms with Crippen LogP contribution in [0.1, 0.15) is 18.9 Å². The minimum atomic E-state index is -0.399. The highest BCUT2D eigenvalue weighted by Gasteiger charge is 2.09. The van der Waals surface area contributed by atoms with Crippen LogP contribution >= 0.6 is 0 Å². The van der Waals surface area contributed by atoms with E-state index in [1.165, 1.54) is 0 Å². The standard InChI is InChI=1S/C13H21N3O2/c1-10(17)7-8-16(2)13(18)15-12-5-3-11(9-14)4-6-12/h3-6,10,17H,7-9,14H2,1-2H3,(H,15,18). The summed E-state index contributed by atoms with van der Waals surface area (Å²) in [5, 5.41) is 11.9. The number of rotatable bonds is 5. The normalized spacial score (nSPS) is 12.0. The van der Waals surface area contributed by atoms with E-state index >= 15 is 0 Å². The molecule has 0 bridgehead atoms. The van der Waals surface area contributed by atoms with Crippen molar-refractivity contribution in [2.45, 2.75) is 26.0 Å². The van der Waals surface area contributed by atoms with Gasteiger partial charge in [0.1, 0.15) is 0 Å². The van der Waals surface area contributed by atoms with Gasteiger partial charge in [-0.15, -0.1) is 0 Å². The van der Waals surface area contributed by atoms with E-state index in [1.54, 1.807) is 18.9 Å². The third-order valence-electron chi connectivity index (χ3n) is 2.67. The van der Waals surface area contributed by atoms with Crippen molar-refractivity contribution in [2.75, 3.05) is 18.9 Å². The van der Waals surface area contributed by atoms with Crippen molar-refractivity contribution in [2.24, 2.45) is 5.73 Å². The molecule has 0 heterocycles. The van der Waals surface area contributed by atoms with Crippen LogP contribution in [-0.4, -0.2) is 35.7 Å². The molecule has 1 rings (SSSR count). The summed E-state index contributed by atoms with van der Waals surface area (Å²) in [6.45, 7) is 2.71. The van der Waals surface area contributed by atoms with E-state index in [-0.39, 0.29) is 6.03 Å². The van der Waals surface area contributed by atoms with Gasteiger partial charge in [-0.25, -0.2) is 4.79 Å². The Morgan fingerprint density at radius 3 is 2.56 bits per heavy atom. The monoisotopic (exact) mass is 251 g/mol. The van der Waals surface area contributed by atoms with Crippen LogP contribution in [0.4, 0.5) is 10.5 Å². The summed E-state index contributed by atoms with van der Waals surface area (Å²) < 4.78 is 0. The maximum Gasteiger partial charge on any atom is 0.321 e. The Labute approximate surface area is 108 Å². The van der Waals surface area contributed by atoms with Gasteiger partial charge >= 0.3 is 6.03 Å². The number of aliphatic hydroxyl groups is 1. The summed E-state index contributed by atoms with van der Waals surface area (Å²) in [6.07, 6.45) is 0.167. The van der Waals surface area contributed by atoms with Crippen LogP contribution in [0, 0.1) is 0 Å². The Balaban J connectivity index is 2.47. The SMILES string of the molecule is CC(O)CCN(C)C(=O)Nc1ccc(CN)cc1. The molecular formula is C13H21N3O2. The molecule has 1 aromatic rings. The average molecular weight is 251 g/mol. The van der Waals surface area contributed by atoms with Crippen molar-refractivity contribution >= 4 is 11.7 Å². The number of anilines is 1. The Kier molecular flexibility index (Phi) is 5.61. The van der Waals surface area contributed by atoms with Gasteiger partial charge in [0.15, 0.2) is 0 Å².